The van der Waals surface area contributed by atoms with E-state index in [2.05, 4.69) is 10.5 Å². The number of ether oxygens (including phenoxy) is 1. The Kier molecular flexibility index (Phi) is 3.68. The summed E-state index contributed by atoms with van der Waals surface area (Å²) in [4.78, 5) is 0. The minimum absolute atomic E-state index is 0.244. The highest BCUT2D eigenvalue weighted by Gasteiger charge is 2.09. The second-order valence-electron chi connectivity index (χ2n) is 2.82. The zero-order valence-electron chi connectivity index (χ0n) is 8.74. The van der Waals surface area contributed by atoms with Crippen molar-refractivity contribution in [1.82, 2.24) is 5.43 Å². The van der Waals surface area contributed by atoms with E-state index in [1.807, 2.05) is 0 Å². The summed E-state index contributed by atoms with van der Waals surface area (Å²) in [5.74, 6) is 0.505. The first-order chi connectivity index (χ1) is 7.20. The van der Waals surface area contributed by atoms with Crippen LogP contribution in [0.2, 0.25) is 0 Å². The van der Waals surface area contributed by atoms with E-state index in [1.54, 1.807) is 25.2 Å². The average Bonchev–Trinajstić information content (AvgIpc) is 2.25. The van der Waals surface area contributed by atoms with Crippen LogP contribution >= 0.6 is 0 Å². The first-order valence-electron chi connectivity index (χ1n) is 4.42. The van der Waals surface area contributed by atoms with Gasteiger partial charge >= 0.3 is 0 Å². The Morgan fingerprint density at radius 1 is 1.60 bits per heavy atom. The van der Waals surface area contributed by atoms with Gasteiger partial charge in [-0.25, -0.2) is 0 Å². The maximum atomic E-state index is 7.75. The van der Waals surface area contributed by atoms with Gasteiger partial charge in [0.15, 0.2) is 5.75 Å². The van der Waals surface area contributed by atoms with Crippen molar-refractivity contribution in [2.75, 3.05) is 19.9 Å². The van der Waals surface area contributed by atoms with Crippen molar-refractivity contribution in [2.45, 2.75) is 0 Å². The predicted molar refractivity (Wildman–Crippen MR) is 61.8 cm³/mol. The molecule has 0 bridgehead atoms. The lowest BCUT2D eigenvalue weighted by Gasteiger charge is -2.09. The van der Waals surface area contributed by atoms with Crippen LogP contribution in [-0.2, 0) is 0 Å². The summed E-state index contributed by atoms with van der Waals surface area (Å²) in [6, 6.07) is 5.26. The molecule has 0 saturated carbocycles. The largest absolute Gasteiger partial charge is 0.494 e. The molecule has 0 aliphatic carbocycles. The normalized spacial score (nSPS) is 10.3. The molecule has 1 aromatic rings. The molecule has 80 valence electrons. The Labute approximate surface area is 88.4 Å². The summed E-state index contributed by atoms with van der Waals surface area (Å²) in [5, 5.41) is 11.5. The van der Waals surface area contributed by atoms with Crippen LogP contribution < -0.4 is 15.9 Å². The van der Waals surface area contributed by atoms with Gasteiger partial charge in [0.05, 0.1) is 24.7 Å². The second-order valence-corrected chi connectivity index (χ2v) is 2.82. The topological polar surface area (TPSA) is 83.5 Å². The van der Waals surface area contributed by atoms with E-state index in [-0.39, 0.29) is 5.71 Å². The standard InChI is InChI=1S/C10H14N4O/c1-13-14-6-9(12)7-4-3-5-8(11)10(7)15-2/h3-6,12-13H,11H2,1-2H3/b12-9?,14-6-. The summed E-state index contributed by atoms with van der Waals surface area (Å²) in [6.45, 7) is 0. The summed E-state index contributed by atoms with van der Waals surface area (Å²) in [6.07, 6.45) is 1.40. The summed E-state index contributed by atoms with van der Waals surface area (Å²) >= 11 is 0. The molecule has 15 heavy (non-hydrogen) atoms. The van der Waals surface area contributed by atoms with E-state index in [4.69, 9.17) is 15.9 Å². The van der Waals surface area contributed by atoms with Crippen molar-refractivity contribution in [3.63, 3.8) is 0 Å². The van der Waals surface area contributed by atoms with Crippen molar-refractivity contribution >= 4 is 17.6 Å². The fourth-order valence-corrected chi connectivity index (χ4v) is 1.19. The molecule has 0 fully saturated rings. The quantitative estimate of drug-likeness (QED) is 0.388. The van der Waals surface area contributed by atoms with E-state index in [9.17, 15) is 0 Å². The van der Waals surface area contributed by atoms with Crippen LogP contribution in [0, 0.1) is 5.41 Å². The fourth-order valence-electron chi connectivity index (χ4n) is 1.19. The van der Waals surface area contributed by atoms with Crippen LogP contribution in [-0.4, -0.2) is 26.1 Å². The molecule has 0 aromatic heterocycles. The van der Waals surface area contributed by atoms with E-state index >= 15 is 0 Å². The molecule has 0 heterocycles. The van der Waals surface area contributed by atoms with E-state index in [0.717, 1.165) is 0 Å². The SMILES string of the molecule is CN/N=C\C(=N)c1cccc(N)c1OC. The number of hydrazone groups is 1. The summed E-state index contributed by atoms with van der Waals surface area (Å²) < 4.78 is 5.13. The fraction of sp³-hybridized carbons (Fsp3) is 0.200. The molecule has 5 nitrogen and oxygen atoms in total. The molecule has 0 unspecified atom stereocenters. The molecular weight excluding hydrogens is 192 g/mol. The summed E-state index contributed by atoms with van der Waals surface area (Å²) in [5.41, 5.74) is 9.67. The van der Waals surface area contributed by atoms with Crippen LogP contribution in [0.3, 0.4) is 0 Å². The number of nitrogens with zero attached hydrogens (tertiary/aromatic N) is 1. The molecule has 0 amide bonds. The number of anilines is 1. The zero-order chi connectivity index (χ0) is 11.3. The second kappa shape index (κ2) is 4.99. The predicted octanol–water partition coefficient (Wildman–Crippen LogP) is 0.850. The Balaban J connectivity index is 3.08. The highest BCUT2D eigenvalue weighted by Crippen LogP contribution is 2.25. The third-order valence-corrected chi connectivity index (χ3v) is 1.86. The molecule has 1 rings (SSSR count). The number of methoxy groups -OCH3 is 1. The van der Waals surface area contributed by atoms with Crippen LogP contribution in [0.4, 0.5) is 5.69 Å². The lowest BCUT2D eigenvalue weighted by Crippen LogP contribution is -2.07. The molecular formula is C10H14N4O. The molecule has 0 aliphatic heterocycles. The van der Waals surface area contributed by atoms with Crippen molar-refractivity contribution in [2.24, 2.45) is 5.10 Å². The molecule has 0 aliphatic rings. The lowest BCUT2D eigenvalue weighted by atomic mass is 10.1. The van der Waals surface area contributed by atoms with Gasteiger partial charge in [0.25, 0.3) is 0 Å². The third-order valence-electron chi connectivity index (χ3n) is 1.86. The maximum absolute atomic E-state index is 7.75. The van der Waals surface area contributed by atoms with Crippen LogP contribution in [0.25, 0.3) is 0 Å². The van der Waals surface area contributed by atoms with Crippen LogP contribution in [0.15, 0.2) is 23.3 Å². The number of benzene rings is 1. The number of para-hydroxylation sites is 1. The van der Waals surface area contributed by atoms with Gasteiger partial charge in [-0.2, -0.15) is 5.10 Å². The van der Waals surface area contributed by atoms with Gasteiger partial charge in [-0.05, 0) is 12.1 Å². The molecule has 1 aromatic carbocycles. The number of hydrogen-bond acceptors (Lipinski definition) is 5. The van der Waals surface area contributed by atoms with Gasteiger partial charge in [-0.15, -0.1) is 0 Å². The minimum Gasteiger partial charge on any atom is -0.494 e. The monoisotopic (exact) mass is 206 g/mol. The van der Waals surface area contributed by atoms with Gasteiger partial charge in [0.1, 0.15) is 0 Å². The van der Waals surface area contributed by atoms with Crippen LogP contribution in [0.1, 0.15) is 5.56 Å². The summed E-state index contributed by atoms with van der Waals surface area (Å²) in [7, 11) is 3.19. The Morgan fingerprint density at radius 2 is 2.33 bits per heavy atom. The number of nitrogens with one attached hydrogen (secondary N) is 2. The van der Waals surface area contributed by atoms with E-state index in [0.29, 0.717) is 17.0 Å². The lowest BCUT2D eigenvalue weighted by molar-refractivity contribution is 0.416. The van der Waals surface area contributed by atoms with Crippen molar-refractivity contribution in [3.8, 4) is 5.75 Å². The number of nitrogen functional groups attached to an aromatic ring is 1. The number of rotatable bonds is 4. The Hall–Kier alpha value is -2.04. The Bertz CT molecular complexity index is 387. The van der Waals surface area contributed by atoms with Crippen molar-refractivity contribution in [3.05, 3.63) is 23.8 Å². The molecule has 0 radical (unpaired) electrons. The van der Waals surface area contributed by atoms with Crippen molar-refractivity contribution in [1.29, 1.82) is 5.41 Å². The van der Waals surface area contributed by atoms with Crippen molar-refractivity contribution < 1.29 is 4.74 Å². The first kappa shape index (κ1) is 11.0. The Morgan fingerprint density at radius 3 is 2.93 bits per heavy atom. The molecule has 5 heteroatoms. The van der Waals surface area contributed by atoms with Gasteiger partial charge in [0, 0.05) is 12.6 Å². The van der Waals surface area contributed by atoms with Gasteiger partial charge in [0.2, 0.25) is 0 Å². The third kappa shape index (κ3) is 2.46. The van der Waals surface area contributed by atoms with Gasteiger partial charge in [-0.1, -0.05) is 6.07 Å². The highest BCUT2D eigenvalue weighted by molar-refractivity contribution is 6.37. The molecule has 0 atom stereocenters. The van der Waals surface area contributed by atoms with Gasteiger partial charge in [-0.3, -0.25) is 5.41 Å². The number of nitrogens with two attached hydrogens (primary N) is 1. The maximum Gasteiger partial charge on any atom is 0.151 e. The highest BCUT2D eigenvalue weighted by atomic mass is 16.5. The first-order valence-corrected chi connectivity index (χ1v) is 4.42. The smallest absolute Gasteiger partial charge is 0.151 e. The molecule has 0 spiro atoms. The number of hydrogen-bond donors (Lipinski definition) is 3. The molecule has 0 saturated heterocycles. The minimum atomic E-state index is 0.244. The average molecular weight is 206 g/mol. The van der Waals surface area contributed by atoms with Crippen LogP contribution in [0.5, 0.6) is 5.75 Å². The zero-order valence-corrected chi connectivity index (χ0v) is 8.74. The van der Waals surface area contributed by atoms with E-state index in [1.165, 1.54) is 13.3 Å². The van der Waals surface area contributed by atoms with Gasteiger partial charge < -0.3 is 15.9 Å². The van der Waals surface area contributed by atoms with E-state index < -0.39 is 0 Å². The molecule has 4 N–H and O–H groups in total.